The summed E-state index contributed by atoms with van der Waals surface area (Å²) < 4.78 is 11.1. The van der Waals surface area contributed by atoms with Crippen LogP contribution in [0.3, 0.4) is 0 Å². The number of aromatic amines is 1. The summed E-state index contributed by atoms with van der Waals surface area (Å²) in [4.78, 5) is 109. The lowest BCUT2D eigenvalue weighted by Crippen LogP contribution is -2.58. The smallest absolute Gasteiger partial charge is 0.408 e. The van der Waals surface area contributed by atoms with E-state index in [0.717, 1.165) is 55.6 Å². The molecule has 0 fully saturated rings. The summed E-state index contributed by atoms with van der Waals surface area (Å²) in [6.45, 7) is 19.6. The number of aromatic hydroxyl groups is 2. The first kappa shape index (κ1) is 59.4. The summed E-state index contributed by atoms with van der Waals surface area (Å²) in [7, 11) is 0. The molecule has 0 radical (unpaired) electrons. The van der Waals surface area contributed by atoms with Gasteiger partial charge in [0.15, 0.2) is 0 Å². The summed E-state index contributed by atoms with van der Waals surface area (Å²) in [5, 5.41) is 32.0. The Hall–Kier alpha value is -8.22. The highest BCUT2D eigenvalue weighted by Gasteiger charge is 2.41. The van der Waals surface area contributed by atoms with Crippen molar-refractivity contribution < 1.29 is 48.5 Å². The fourth-order valence-electron chi connectivity index (χ4n) is 10.6. The Bertz CT molecular complexity index is 3180. The van der Waals surface area contributed by atoms with Crippen molar-refractivity contribution in [1.29, 1.82) is 0 Å². The average Bonchev–Trinajstić information content (AvgIpc) is 3.36. The topological polar surface area (TPSA) is 262 Å². The SMILES string of the molecule is Cc1cc(O)cc(C)c1C[C@H](NC(=O)OC(C)(C)C)C(=O)N1Cc2ccccc2C[C@H]1C(=O)NCCc1[nH]c(=O)c(CCNC(=O)[C@@H]2Cc3ccccc3CN2C(=O)[C@H](Cc2c(C)cc(O)cc2C)NC(=O)OC(C)(C)C)nc1C. The number of phenols is 2. The molecule has 0 unspecified atom stereocenters. The van der Waals surface area contributed by atoms with Crippen molar-refractivity contribution in [2.45, 2.75) is 163 Å². The number of hydrogen-bond acceptors (Lipinski definition) is 12. The van der Waals surface area contributed by atoms with Gasteiger partial charge in [-0.1, -0.05) is 48.5 Å². The van der Waals surface area contributed by atoms with E-state index in [2.05, 4.69) is 31.2 Å². The third-order valence-corrected chi connectivity index (χ3v) is 14.4. The Morgan fingerprint density at radius 3 is 1.38 bits per heavy atom. The maximum absolute atomic E-state index is 14.8. The van der Waals surface area contributed by atoms with E-state index in [1.54, 1.807) is 72.7 Å². The van der Waals surface area contributed by atoms with Gasteiger partial charge in [0.2, 0.25) is 23.6 Å². The Kier molecular flexibility index (Phi) is 18.5. The molecule has 4 atom stereocenters. The summed E-state index contributed by atoms with van der Waals surface area (Å²) in [6, 6.07) is 17.3. The predicted molar refractivity (Wildman–Crippen MR) is 301 cm³/mol. The highest BCUT2D eigenvalue weighted by atomic mass is 16.6. The van der Waals surface area contributed by atoms with Gasteiger partial charge in [-0.15, -0.1) is 0 Å². The van der Waals surface area contributed by atoms with Crippen LogP contribution in [0, 0.1) is 34.6 Å². The number of H-pyrrole nitrogens is 1. The molecule has 0 saturated carbocycles. The van der Waals surface area contributed by atoms with Crippen LogP contribution < -0.4 is 26.8 Å². The van der Waals surface area contributed by atoms with Crippen LogP contribution in [0.25, 0.3) is 0 Å². The second-order valence-electron chi connectivity index (χ2n) is 23.0. The minimum absolute atomic E-state index is 0.0114. The molecular formula is C61H76N8O11. The minimum Gasteiger partial charge on any atom is -0.508 e. The number of alkyl carbamates (subject to hydrolysis) is 2. The number of aromatic nitrogens is 2. The zero-order valence-electron chi connectivity index (χ0n) is 47.7. The van der Waals surface area contributed by atoms with Gasteiger partial charge in [0.05, 0.1) is 5.69 Å². The van der Waals surface area contributed by atoms with Crippen molar-refractivity contribution in [1.82, 2.24) is 41.0 Å². The second kappa shape index (κ2) is 24.8. The maximum atomic E-state index is 14.8. The van der Waals surface area contributed by atoms with Crippen molar-refractivity contribution in [3.8, 4) is 11.5 Å². The number of benzene rings is 4. The molecule has 3 heterocycles. The average molecular weight is 1100 g/mol. The standard InChI is InChI=1S/C61H76N8O11/c1-34-24-43(70)25-35(2)45(34)30-49(66-58(77)79-60(6,7)8)56(75)68-32-41-18-14-12-16-39(41)28-51(68)54(73)62-22-20-47-38(5)64-48(53(72)65-47)21-23-63-55(74)52-29-40-17-13-15-19-42(40)33-69(52)57(76)50(67-59(78)80-61(9,10)11)31-46-36(3)26-44(71)27-37(46)4/h12-19,24-27,49-52,70-71H,20-23,28-33H2,1-11H3,(H,62,73)(H,63,74)(H,65,72)(H,66,77)(H,67,78)/t49-,50-,51-,52-/m0/s1. The van der Waals surface area contributed by atoms with Crippen LogP contribution in [0.5, 0.6) is 11.5 Å². The molecule has 0 aliphatic carbocycles. The molecule has 5 aromatic rings. The van der Waals surface area contributed by atoms with Gasteiger partial charge in [0.25, 0.3) is 5.56 Å². The number of nitrogens with zero attached hydrogens (tertiary/aromatic N) is 3. The molecule has 19 heteroatoms. The molecule has 7 N–H and O–H groups in total. The zero-order chi connectivity index (χ0) is 58.4. The Morgan fingerprint density at radius 1 is 0.613 bits per heavy atom. The predicted octanol–water partition coefficient (Wildman–Crippen LogP) is 6.22. The molecule has 6 amide bonds. The van der Waals surface area contributed by atoms with Crippen molar-refractivity contribution in [3.05, 3.63) is 156 Å². The lowest BCUT2D eigenvalue weighted by atomic mass is 9.91. The zero-order valence-corrected chi connectivity index (χ0v) is 47.7. The highest BCUT2D eigenvalue weighted by molar-refractivity contribution is 5.93. The van der Waals surface area contributed by atoms with E-state index in [1.165, 1.54) is 9.80 Å². The molecule has 1 aromatic heterocycles. The molecule has 2 aliphatic rings. The number of phenolic OH excluding ortho intramolecular Hbond substituents is 2. The quantitative estimate of drug-likeness (QED) is 0.0581. The van der Waals surface area contributed by atoms with Gasteiger partial charge >= 0.3 is 12.2 Å². The van der Waals surface area contributed by atoms with E-state index in [1.807, 2.05) is 76.2 Å². The number of rotatable bonds is 16. The fourth-order valence-corrected chi connectivity index (χ4v) is 10.6. The summed E-state index contributed by atoms with van der Waals surface area (Å²) in [5.41, 5.74) is 6.88. The van der Waals surface area contributed by atoms with Crippen LogP contribution in [0.15, 0.2) is 77.6 Å². The molecule has 19 nitrogen and oxygen atoms in total. The summed E-state index contributed by atoms with van der Waals surface area (Å²) in [5.74, 6) is -1.73. The molecule has 0 spiro atoms. The van der Waals surface area contributed by atoms with Crippen LogP contribution in [-0.2, 0) is 80.3 Å². The normalized spacial score (nSPS) is 15.8. The van der Waals surface area contributed by atoms with Crippen molar-refractivity contribution in [2.75, 3.05) is 13.1 Å². The molecule has 2 aliphatic heterocycles. The van der Waals surface area contributed by atoms with Gasteiger partial charge in [0, 0.05) is 70.4 Å². The van der Waals surface area contributed by atoms with Crippen LogP contribution in [0.2, 0.25) is 0 Å². The first-order valence-corrected chi connectivity index (χ1v) is 27.1. The van der Waals surface area contributed by atoms with E-state index in [4.69, 9.17) is 9.47 Å². The summed E-state index contributed by atoms with van der Waals surface area (Å²) in [6.07, 6.45) is -0.802. The Balaban J connectivity index is 1.02. The monoisotopic (exact) mass is 1100 g/mol. The Labute approximate surface area is 467 Å². The minimum atomic E-state index is -1.14. The Morgan fingerprint density at radius 2 is 0.988 bits per heavy atom. The molecule has 7 rings (SSSR count). The van der Waals surface area contributed by atoms with Gasteiger partial charge in [-0.05, 0) is 156 Å². The van der Waals surface area contributed by atoms with Gasteiger partial charge < -0.3 is 55.7 Å². The summed E-state index contributed by atoms with van der Waals surface area (Å²) >= 11 is 0. The lowest BCUT2D eigenvalue weighted by Gasteiger charge is -2.38. The second-order valence-corrected chi connectivity index (χ2v) is 23.0. The van der Waals surface area contributed by atoms with E-state index >= 15 is 0 Å². The van der Waals surface area contributed by atoms with Gasteiger partial charge in [0.1, 0.15) is 52.6 Å². The van der Waals surface area contributed by atoms with E-state index in [-0.39, 0.29) is 81.9 Å². The van der Waals surface area contributed by atoms with Crippen molar-refractivity contribution in [2.24, 2.45) is 0 Å². The van der Waals surface area contributed by atoms with Crippen LogP contribution in [0.1, 0.15) is 114 Å². The number of ether oxygens (including phenoxy) is 2. The van der Waals surface area contributed by atoms with E-state index in [9.17, 15) is 43.8 Å². The highest BCUT2D eigenvalue weighted by Crippen LogP contribution is 2.30. The van der Waals surface area contributed by atoms with E-state index < -0.39 is 76.7 Å². The number of carbonyl (C=O) groups is 6. The van der Waals surface area contributed by atoms with Gasteiger partial charge in [-0.3, -0.25) is 29.0 Å². The number of hydrogen-bond donors (Lipinski definition) is 7. The number of aryl methyl sites for hydroxylation is 5. The van der Waals surface area contributed by atoms with Crippen LogP contribution in [0.4, 0.5) is 9.59 Å². The molecule has 426 valence electrons. The van der Waals surface area contributed by atoms with Crippen molar-refractivity contribution in [3.63, 3.8) is 0 Å². The molecule has 0 bridgehead atoms. The third-order valence-electron chi connectivity index (χ3n) is 14.4. The molecule has 80 heavy (non-hydrogen) atoms. The van der Waals surface area contributed by atoms with E-state index in [0.29, 0.717) is 11.4 Å². The number of amides is 6. The van der Waals surface area contributed by atoms with Crippen molar-refractivity contribution >= 4 is 35.8 Å². The molecular weight excluding hydrogens is 1020 g/mol. The number of nitrogens with one attached hydrogen (secondary N) is 5. The van der Waals surface area contributed by atoms with Crippen LogP contribution >= 0.6 is 0 Å². The van der Waals surface area contributed by atoms with Gasteiger partial charge in [-0.25, -0.2) is 9.59 Å². The third kappa shape index (κ3) is 15.1. The van der Waals surface area contributed by atoms with Gasteiger partial charge in [-0.2, -0.15) is 0 Å². The fraction of sp³-hybridized carbons (Fsp3) is 0.443. The first-order chi connectivity index (χ1) is 37.6. The first-order valence-electron chi connectivity index (χ1n) is 27.1. The lowest BCUT2D eigenvalue weighted by molar-refractivity contribution is -0.143. The van der Waals surface area contributed by atoms with Crippen LogP contribution in [-0.4, -0.2) is 114 Å². The molecule has 0 saturated heterocycles. The number of carbonyl (C=O) groups excluding carboxylic acids is 6. The maximum Gasteiger partial charge on any atom is 0.408 e. The largest absolute Gasteiger partial charge is 0.508 e. The molecule has 4 aromatic carbocycles. The number of fused-ring (bicyclic) bond motifs is 2.